The summed E-state index contributed by atoms with van der Waals surface area (Å²) in [5, 5.41) is 18.5. The van der Waals surface area contributed by atoms with E-state index >= 15 is 0 Å². The van der Waals surface area contributed by atoms with Gasteiger partial charge in [-0.25, -0.2) is 0 Å². The Bertz CT molecular complexity index is 482. The fourth-order valence-electron chi connectivity index (χ4n) is 3.13. The smallest absolute Gasteiger partial charge is 0.327 e. The number of hydrogen-bond donors (Lipinski definition) is 2. The summed E-state index contributed by atoms with van der Waals surface area (Å²) < 4.78 is 27.6. The summed E-state index contributed by atoms with van der Waals surface area (Å²) in [6.45, 7) is 2.29. The van der Waals surface area contributed by atoms with E-state index in [1.165, 1.54) is 17.1 Å². The molecule has 1 amide bonds. The molecule has 2 atom stereocenters. The number of halogens is 2. The molecular weight excluding hydrogens is 344 g/mol. The van der Waals surface area contributed by atoms with Crippen molar-refractivity contribution in [2.75, 3.05) is 6.54 Å². The number of likely N-dealkylation sites (tertiary alicyclic amines) is 1. The van der Waals surface area contributed by atoms with Crippen molar-refractivity contribution in [3.63, 3.8) is 0 Å². The Labute approximate surface area is 154 Å². The highest BCUT2D eigenvalue weighted by molar-refractivity contribution is 5.86. The lowest BCUT2D eigenvalue weighted by atomic mass is 10.1. The molecule has 150 valence electrons. The zero-order valence-corrected chi connectivity index (χ0v) is 15.5. The van der Waals surface area contributed by atoms with E-state index in [0.717, 1.165) is 19.3 Å². The van der Waals surface area contributed by atoms with Crippen molar-refractivity contribution >= 4 is 11.9 Å². The first-order valence-electron chi connectivity index (χ1n) is 9.55. The number of unbranched alkanes of at least 4 members (excludes halogenated alkanes) is 5. The average Bonchev–Trinajstić information content (AvgIpc) is 2.78. The second kappa shape index (κ2) is 11.3. The molecule has 1 fully saturated rings. The third-order valence-corrected chi connectivity index (χ3v) is 4.64. The lowest BCUT2D eigenvalue weighted by Gasteiger charge is -2.22. The second-order valence-electron chi connectivity index (χ2n) is 6.98. The van der Waals surface area contributed by atoms with E-state index in [4.69, 9.17) is 5.11 Å². The molecule has 0 radical (unpaired) electrons. The van der Waals surface area contributed by atoms with Gasteiger partial charge in [0, 0.05) is 19.4 Å². The molecule has 2 unspecified atom stereocenters. The Balaban J connectivity index is 2.48. The van der Waals surface area contributed by atoms with Crippen LogP contribution in [0.3, 0.4) is 0 Å². The fourth-order valence-corrected chi connectivity index (χ4v) is 3.13. The number of carboxylic acid groups (broad SMARTS) is 1. The number of carboxylic acids is 1. The summed E-state index contributed by atoms with van der Waals surface area (Å²) in [5.41, 5.74) is 0. The van der Waals surface area contributed by atoms with Gasteiger partial charge in [0.25, 0.3) is 5.91 Å². The number of aliphatic hydroxyl groups excluding tert-OH is 1. The molecule has 0 aromatic heterocycles. The van der Waals surface area contributed by atoms with Crippen molar-refractivity contribution in [1.82, 2.24) is 4.90 Å². The van der Waals surface area contributed by atoms with Crippen molar-refractivity contribution in [2.45, 2.75) is 89.2 Å². The van der Waals surface area contributed by atoms with Crippen LogP contribution in [-0.4, -0.2) is 51.6 Å². The van der Waals surface area contributed by atoms with Crippen LogP contribution in [0.1, 0.15) is 71.1 Å². The van der Waals surface area contributed by atoms with Crippen molar-refractivity contribution in [1.29, 1.82) is 0 Å². The van der Waals surface area contributed by atoms with Gasteiger partial charge in [-0.1, -0.05) is 51.2 Å². The first kappa shape index (κ1) is 22.5. The van der Waals surface area contributed by atoms with Crippen LogP contribution in [0.4, 0.5) is 8.78 Å². The van der Waals surface area contributed by atoms with Crippen molar-refractivity contribution in [3.8, 4) is 0 Å². The monoisotopic (exact) mass is 375 g/mol. The zero-order valence-electron chi connectivity index (χ0n) is 15.5. The molecule has 1 aliphatic rings. The lowest BCUT2D eigenvalue weighted by molar-refractivity contribution is -0.148. The van der Waals surface area contributed by atoms with Gasteiger partial charge in [-0.3, -0.25) is 9.59 Å². The van der Waals surface area contributed by atoms with Crippen LogP contribution in [0.5, 0.6) is 0 Å². The van der Waals surface area contributed by atoms with Crippen LogP contribution >= 0.6 is 0 Å². The molecule has 7 heteroatoms. The standard InChI is InChI=1S/C19H31F2NO4/c1-2-3-6-9-16(23)12-11-15-14-19(20,21)18(26)22(15)13-8-5-4-7-10-17(24)25/h11-12,15-16,23H,2-10,13-14H2,1H3,(H,24,25)/b12-11+. The molecule has 1 aliphatic heterocycles. The van der Waals surface area contributed by atoms with Gasteiger partial charge < -0.3 is 15.1 Å². The number of aliphatic carboxylic acids is 1. The SMILES string of the molecule is CCCCCC(O)/C=C/C1CC(F)(F)C(=O)N1CCCCCCC(=O)O. The maximum Gasteiger partial charge on any atom is 0.327 e. The highest BCUT2D eigenvalue weighted by Gasteiger charge is 2.52. The molecule has 1 saturated heterocycles. The van der Waals surface area contributed by atoms with Gasteiger partial charge in [0.05, 0.1) is 12.1 Å². The first-order chi connectivity index (χ1) is 12.3. The van der Waals surface area contributed by atoms with E-state index in [2.05, 4.69) is 6.92 Å². The van der Waals surface area contributed by atoms with E-state index in [-0.39, 0.29) is 13.0 Å². The number of amides is 1. The molecule has 0 spiro atoms. The Morgan fingerprint density at radius 2 is 1.96 bits per heavy atom. The summed E-state index contributed by atoms with van der Waals surface area (Å²) in [5.74, 6) is -5.36. The molecule has 0 aromatic rings. The lowest BCUT2D eigenvalue weighted by Crippen LogP contribution is -2.36. The molecule has 0 saturated carbocycles. The van der Waals surface area contributed by atoms with Crippen LogP contribution in [-0.2, 0) is 9.59 Å². The molecule has 26 heavy (non-hydrogen) atoms. The van der Waals surface area contributed by atoms with Gasteiger partial charge in [-0.15, -0.1) is 0 Å². The summed E-state index contributed by atoms with van der Waals surface area (Å²) in [6.07, 6.45) is 7.94. The van der Waals surface area contributed by atoms with Gasteiger partial charge in [0.1, 0.15) is 0 Å². The van der Waals surface area contributed by atoms with Crippen LogP contribution in [0.15, 0.2) is 12.2 Å². The van der Waals surface area contributed by atoms with E-state index in [1.54, 1.807) is 0 Å². The van der Waals surface area contributed by atoms with Gasteiger partial charge in [-0.05, 0) is 19.3 Å². The highest BCUT2D eigenvalue weighted by atomic mass is 19.3. The number of aliphatic hydroxyl groups is 1. The summed E-state index contributed by atoms with van der Waals surface area (Å²) in [6, 6.07) is -0.697. The number of carbonyl (C=O) groups excluding carboxylic acids is 1. The van der Waals surface area contributed by atoms with Crippen molar-refractivity contribution in [3.05, 3.63) is 12.2 Å². The van der Waals surface area contributed by atoms with Crippen LogP contribution < -0.4 is 0 Å². The molecular formula is C19H31F2NO4. The number of nitrogens with zero attached hydrogens (tertiary/aromatic N) is 1. The third kappa shape index (κ3) is 7.81. The maximum absolute atomic E-state index is 13.8. The predicted molar refractivity (Wildman–Crippen MR) is 95.1 cm³/mol. The Hall–Kier alpha value is -1.50. The molecule has 1 heterocycles. The van der Waals surface area contributed by atoms with Crippen molar-refractivity contribution < 1.29 is 28.6 Å². The third-order valence-electron chi connectivity index (χ3n) is 4.64. The van der Waals surface area contributed by atoms with Crippen LogP contribution in [0, 0.1) is 0 Å². The minimum atomic E-state index is -3.36. The molecule has 0 aliphatic carbocycles. The minimum absolute atomic E-state index is 0.0992. The van der Waals surface area contributed by atoms with Gasteiger partial charge >= 0.3 is 11.9 Å². The van der Waals surface area contributed by atoms with E-state index in [0.29, 0.717) is 32.1 Å². The largest absolute Gasteiger partial charge is 0.481 e. The van der Waals surface area contributed by atoms with Crippen LogP contribution in [0.2, 0.25) is 0 Å². The van der Waals surface area contributed by atoms with Gasteiger partial charge in [-0.2, -0.15) is 8.78 Å². The molecule has 0 aromatic carbocycles. The van der Waals surface area contributed by atoms with Gasteiger partial charge in [0.2, 0.25) is 0 Å². The van der Waals surface area contributed by atoms with E-state index in [9.17, 15) is 23.5 Å². The van der Waals surface area contributed by atoms with E-state index < -0.39 is 36.4 Å². The Kier molecular flexibility index (Phi) is 9.76. The molecule has 1 rings (SSSR count). The molecule has 0 bridgehead atoms. The predicted octanol–water partition coefficient (Wildman–Crippen LogP) is 3.76. The van der Waals surface area contributed by atoms with Crippen LogP contribution in [0.25, 0.3) is 0 Å². The van der Waals surface area contributed by atoms with Crippen molar-refractivity contribution in [2.24, 2.45) is 0 Å². The van der Waals surface area contributed by atoms with Gasteiger partial charge in [0.15, 0.2) is 0 Å². The topological polar surface area (TPSA) is 77.8 Å². The fraction of sp³-hybridized carbons (Fsp3) is 0.789. The quantitative estimate of drug-likeness (QED) is 0.380. The minimum Gasteiger partial charge on any atom is -0.481 e. The second-order valence-corrected chi connectivity index (χ2v) is 6.98. The summed E-state index contributed by atoms with van der Waals surface area (Å²) in [4.78, 5) is 23.5. The average molecular weight is 375 g/mol. The summed E-state index contributed by atoms with van der Waals surface area (Å²) in [7, 11) is 0. The number of hydrogen-bond acceptors (Lipinski definition) is 3. The Morgan fingerprint density at radius 3 is 2.62 bits per heavy atom. The number of carbonyl (C=O) groups is 2. The number of alkyl halides is 2. The van der Waals surface area contributed by atoms with E-state index in [1.807, 2.05) is 0 Å². The summed E-state index contributed by atoms with van der Waals surface area (Å²) >= 11 is 0. The normalized spacial score (nSPS) is 20.8. The molecule has 5 nitrogen and oxygen atoms in total. The Morgan fingerprint density at radius 1 is 1.27 bits per heavy atom. The zero-order chi connectivity index (χ0) is 19.6. The maximum atomic E-state index is 13.8. The highest BCUT2D eigenvalue weighted by Crippen LogP contribution is 2.34. The molecule has 2 N–H and O–H groups in total. The number of rotatable bonds is 13. The first-order valence-corrected chi connectivity index (χ1v) is 9.55.